The van der Waals surface area contributed by atoms with E-state index in [1.807, 2.05) is 0 Å². The zero-order valence-electron chi connectivity index (χ0n) is 34.4. The van der Waals surface area contributed by atoms with E-state index in [1.54, 1.807) is 25.7 Å². The van der Waals surface area contributed by atoms with E-state index in [1.165, 1.54) is 283 Å². The molecule has 292 valence electrons. The molecule has 0 aromatic rings. The molecule has 0 heterocycles. The van der Waals surface area contributed by atoms with Crippen LogP contribution in [0.5, 0.6) is 0 Å². The molecule has 0 unspecified atom stereocenters. The van der Waals surface area contributed by atoms with Gasteiger partial charge in [0.2, 0.25) is 0 Å². The van der Waals surface area contributed by atoms with Crippen molar-refractivity contribution in [3.05, 3.63) is 0 Å². The summed E-state index contributed by atoms with van der Waals surface area (Å²) in [7, 11) is 0. The molecule has 0 amide bonds. The monoisotopic (exact) mass is 685 g/mol. The average molecular weight is 685 g/mol. The van der Waals surface area contributed by atoms with Crippen LogP contribution in [0.2, 0.25) is 0 Å². The van der Waals surface area contributed by atoms with Crippen LogP contribution in [0.3, 0.4) is 0 Å². The van der Waals surface area contributed by atoms with Gasteiger partial charge in [-0.2, -0.15) is 0 Å². The summed E-state index contributed by atoms with van der Waals surface area (Å²) in [6.45, 7) is 0. The molecule has 4 fully saturated rings. The smallest absolute Gasteiger partial charge is 0.0297 e. The van der Waals surface area contributed by atoms with Crippen LogP contribution in [0.15, 0.2) is 0 Å². The minimum Gasteiger partial charge on any atom is -0.0533 e. The molecular formula is C49H96. The van der Waals surface area contributed by atoms with E-state index in [0.29, 0.717) is 0 Å². The molecule has 0 aromatic carbocycles. The largest absolute Gasteiger partial charge is 0.0533 e. The van der Waals surface area contributed by atoms with Gasteiger partial charge in [-0.25, -0.2) is 0 Å². The number of hydrogen-bond donors (Lipinski definition) is 0. The fourth-order valence-corrected chi connectivity index (χ4v) is 9.82. The Morgan fingerprint density at radius 1 is 0.102 bits per heavy atom. The summed E-state index contributed by atoms with van der Waals surface area (Å²) < 4.78 is 0. The highest BCUT2D eigenvalue weighted by Gasteiger charge is 2.30. The summed E-state index contributed by atoms with van der Waals surface area (Å²) in [6.07, 6.45) is 72.4. The lowest BCUT2D eigenvalue weighted by Gasteiger charge is -2.38. The van der Waals surface area contributed by atoms with E-state index >= 15 is 0 Å². The molecule has 0 radical (unpaired) electrons. The van der Waals surface area contributed by atoms with E-state index < -0.39 is 0 Å². The van der Waals surface area contributed by atoms with Gasteiger partial charge in [-0.05, 0) is 31.1 Å². The molecule has 0 N–H and O–H groups in total. The molecule has 0 bridgehead atoms. The molecule has 4 rings (SSSR count). The number of rotatable bonds is 0. The maximum atomic E-state index is 1.56. The van der Waals surface area contributed by atoms with Gasteiger partial charge < -0.3 is 0 Å². The fourth-order valence-electron chi connectivity index (χ4n) is 9.82. The van der Waals surface area contributed by atoms with Crippen molar-refractivity contribution in [2.75, 3.05) is 0 Å². The van der Waals surface area contributed by atoms with Gasteiger partial charge in [0, 0.05) is 0 Å². The Kier molecular flexibility index (Phi) is 33.5. The summed E-state index contributed by atoms with van der Waals surface area (Å²) in [4.78, 5) is 0. The Balaban J connectivity index is 0.000000268. The Hall–Kier alpha value is 0. The van der Waals surface area contributed by atoms with Crippen LogP contribution in [0.1, 0.15) is 308 Å². The summed E-state index contributed by atoms with van der Waals surface area (Å²) in [5.74, 6) is 0. The molecule has 0 heteroatoms. The van der Waals surface area contributed by atoms with E-state index in [9.17, 15) is 0 Å². The second-order valence-corrected chi connectivity index (χ2v) is 18.1. The molecular weight excluding hydrogens is 589 g/mol. The minimum atomic E-state index is 0.815. The maximum Gasteiger partial charge on any atom is -0.0297 e. The zero-order chi connectivity index (χ0) is 34.4. The van der Waals surface area contributed by atoms with Crippen molar-refractivity contribution in [3.8, 4) is 0 Å². The SMILES string of the molecule is C1CCCCC2(CCCC1)CCCCC2.C1CCCCCCCCCCC1.C1CCCCCCCCCCCCCCCCCCCCC1. The minimum absolute atomic E-state index is 0.815. The third kappa shape index (κ3) is 30.2. The molecule has 4 aliphatic rings. The molecule has 0 nitrogen and oxygen atoms in total. The van der Waals surface area contributed by atoms with Crippen LogP contribution in [-0.2, 0) is 0 Å². The highest BCUT2D eigenvalue weighted by molar-refractivity contribution is 4.83. The van der Waals surface area contributed by atoms with Crippen LogP contribution in [0.4, 0.5) is 0 Å². The van der Waals surface area contributed by atoms with E-state index in [2.05, 4.69) is 0 Å². The van der Waals surface area contributed by atoms with Gasteiger partial charge in [0.1, 0.15) is 0 Å². The third-order valence-electron chi connectivity index (χ3n) is 13.3. The van der Waals surface area contributed by atoms with Crippen LogP contribution in [0, 0.1) is 5.41 Å². The van der Waals surface area contributed by atoms with Gasteiger partial charge in [-0.1, -0.05) is 283 Å². The van der Waals surface area contributed by atoms with Gasteiger partial charge in [0.15, 0.2) is 0 Å². The molecule has 0 atom stereocenters. The predicted octanol–water partition coefficient (Wildman–Crippen LogP) is 18.7. The van der Waals surface area contributed by atoms with E-state index in [-0.39, 0.29) is 0 Å². The second-order valence-electron chi connectivity index (χ2n) is 18.1. The van der Waals surface area contributed by atoms with Crippen molar-refractivity contribution >= 4 is 0 Å². The first-order chi connectivity index (χ1) is 24.4. The quantitative estimate of drug-likeness (QED) is 0.238. The lowest BCUT2D eigenvalue weighted by Crippen LogP contribution is -2.24. The van der Waals surface area contributed by atoms with Crippen molar-refractivity contribution in [1.82, 2.24) is 0 Å². The topological polar surface area (TPSA) is 0 Å². The molecule has 0 aromatic heterocycles. The van der Waals surface area contributed by atoms with Crippen molar-refractivity contribution in [3.63, 3.8) is 0 Å². The first-order valence-electron chi connectivity index (χ1n) is 24.4. The second kappa shape index (κ2) is 36.4. The summed E-state index contributed by atoms with van der Waals surface area (Å²) in [5, 5.41) is 0. The van der Waals surface area contributed by atoms with Crippen molar-refractivity contribution in [1.29, 1.82) is 0 Å². The van der Waals surface area contributed by atoms with E-state index in [0.717, 1.165) is 5.41 Å². The molecule has 4 aliphatic carbocycles. The first kappa shape index (κ1) is 45.2. The maximum absolute atomic E-state index is 1.56. The average Bonchev–Trinajstić information content (AvgIpc) is 3.12. The normalized spacial score (nSPS) is 25.5. The van der Waals surface area contributed by atoms with Crippen LogP contribution < -0.4 is 0 Å². The fraction of sp³-hybridized carbons (Fsp3) is 1.00. The van der Waals surface area contributed by atoms with Crippen molar-refractivity contribution in [2.45, 2.75) is 308 Å². The molecule has 4 saturated carbocycles. The highest BCUT2D eigenvalue weighted by atomic mass is 14.4. The predicted molar refractivity (Wildman–Crippen MR) is 224 cm³/mol. The molecule has 1 spiro atoms. The lowest BCUT2D eigenvalue weighted by molar-refractivity contribution is 0.144. The van der Waals surface area contributed by atoms with Crippen LogP contribution >= 0.6 is 0 Å². The Morgan fingerprint density at radius 2 is 0.184 bits per heavy atom. The van der Waals surface area contributed by atoms with E-state index in [4.69, 9.17) is 0 Å². The zero-order valence-corrected chi connectivity index (χ0v) is 34.4. The van der Waals surface area contributed by atoms with Crippen molar-refractivity contribution in [2.24, 2.45) is 5.41 Å². The summed E-state index contributed by atoms with van der Waals surface area (Å²) in [6, 6.07) is 0. The molecule has 0 saturated heterocycles. The third-order valence-corrected chi connectivity index (χ3v) is 13.3. The summed E-state index contributed by atoms with van der Waals surface area (Å²) in [5.41, 5.74) is 0.815. The Morgan fingerprint density at radius 3 is 0.306 bits per heavy atom. The van der Waals surface area contributed by atoms with Crippen LogP contribution in [-0.4, -0.2) is 0 Å². The van der Waals surface area contributed by atoms with Gasteiger partial charge in [-0.3, -0.25) is 0 Å². The first-order valence-corrected chi connectivity index (χ1v) is 24.4. The van der Waals surface area contributed by atoms with Crippen molar-refractivity contribution < 1.29 is 0 Å². The van der Waals surface area contributed by atoms with Crippen LogP contribution in [0.25, 0.3) is 0 Å². The molecule has 49 heavy (non-hydrogen) atoms. The summed E-state index contributed by atoms with van der Waals surface area (Å²) >= 11 is 0. The van der Waals surface area contributed by atoms with Gasteiger partial charge >= 0.3 is 0 Å². The highest BCUT2D eigenvalue weighted by Crippen LogP contribution is 2.45. The number of hydrogen-bond acceptors (Lipinski definition) is 0. The Bertz CT molecular complexity index is 460. The standard InChI is InChI=1S/C22H44.C15H28.C12H24/c1-2-4-6-8-10-12-14-16-18-20-22-21-19-17-15-13-11-9-7-5-3-1;1-2-4-7-11-15(12-8-5-3-1)13-9-6-10-14-15;1-2-4-6-8-10-12-11-9-7-5-3-1/h1-22H2;1-14H2;1-12H2. The van der Waals surface area contributed by atoms with Gasteiger partial charge in [0.25, 0.3) is 0 Å². The lowest BCUT2D eigenvalue weighted by atomic mass is 9.67. The van der Waals surface area contributed by atoms with Gasteiger partial charge in [-0.15, -0.1) is 0 Å². The molecule has 0 aliphatic heterocycles. The van der Waals surface area contributed by atoms with Gasteiger partial charge in [0.05, 0.1) is 0 Å². The Labute approximate surface area is 312 Å².